The molecule has 24 heavy (non-hydrogen) atoms. The van der Waals surface area contributed by atoms with E-state index in [1.165, 1.54) is 12.1 Å². The maximum Gasteiger partial charge on any atom is 0.241 e. The van der Waals surface area contributed by atoms with Gasteiger partial charge in [-0.05, 0) is 25.0 Å². The standard InChI is InChI=1S/C19H21NO3S/c1-4-15(3)18(19(21)16-8-6-5-7-9-16)20-24(22,23)17-12-10-14(2)11-13-17/h4-13,15,18,20H,1H2,2-3H3/t15-,18?/m0/s1. The van der Waals surface area contributed by atoms with Gasteiger partial charge in [-0.3, -0.25) is 4.79 Å². The highest BCUT2D eigenvalue weighted by Gasteiger charge is 2.29. The molecule has 4 nitrogen and oxygen atoms in total. The van der Waals surface area contributed by atoms with Gasteiger partial charge in [0, 0.05) is 5.56 Å². The number of rotatable bonds is 7. The summed E-state index contributed by atoms with van der Waals surface area (Å²) in [7, 11) is -3.80. The van der Waals surface area contributed by atoms with Gasteiger partial charge in [0.15, 0.2) is 5.78 Å². The number of sulfonamides is 1. The van der Waals surface area contributed by atoms with Gasteiger partial charge in [0.2, 0.25) is 10.0 Å². The first-order valence-electron chi connectivity index (χ1n) is 7.66. The van der Waals surface area contributed by atoms with Crippen LogP contribution in [-0.4, -0.2) is 20.2 Å². The summed E-state index contributed by atoms with van der Waals surface area (Å²) in [4.78, 5) is 12.9. The minimum Gasteiger partial charge on any atom is -0.292 e. The van der Waals surface area contributed by atoms with Gasteiger partial charge in [-0.1, -0.05) is 61.0 Å². The molecule has 0 aliphatic rings. The molecule has 1 unspecified atom stereocenters. The number of benzene rings is 2. The van der Waals surface area contributed by atoms with Crippen LogP contribution in [0.5, 0.6) is 0 Å². The van der Waals surface area contributed by atoms with Gasteiger partial charge in [0.1, 0.15) is 0 Å². The Morgan fingerprint density at radius 2 is 1.67 bits per heavy atom. The Labute approximate surface area is 143 Å². The van der Waals surface area contributed by atoms with Crippen molar-refractivity contribution in [3.8, 4) is 0 Å². The molecule has 2 aromatic rings. The van der Waals surface area contributed by atoms with Gasteiger partial charge in [-0.15, -0.1) is 6.58 Å². The zero-order chi connectivity index (χ0) is 17.7. The molecule has 2 rings (SSSR count). The van der Waals surface area contributed by atoms with Crippen molar-refractivity contribution < 1.29 is 13.2 Å². The number of ketones is 1. The highest BCUT2D eigenvalue weighted by Crippen LogP contribution is 2.17. The average Bonchev–Trinajstić information content (AvgIpc) is 2.59. The van der Waals surface area contributed by atoms with Gasteiger partial charge in [-0.2, -0.15) is 4.72 Å². The first-order chi connectivity index (χ1) is 11.3. The molecule has 0 amide bonds. The maximum atomic E-state index is 12.7. The van der Waals surface area contributed by atoms with Crippen LogP contribution >= 0.6 is 0 Å². The summed E-state index contributed by atoms with van der Waals surface area (Å²) in [5.41, 5.74) is 1.42. The molecule has 0 saturated heterocycles. The Morgan fingerprint density at radius 3 is 2.21 bits per heavy atom. The van der Waals surface area contributed by atoms with Crippen LogP contribution in [0, 0.1) is 12.8 Å². The van der Waals surface area contributed by atoms with E-state index in [2.05, 4.69) is 11.3 Å². The SMILES string of the molecule is C=C[C@H](C)C(NS(=O)(=O)c1ccc(C)cc1)C(=O)c1ccccc1. The molecule has 0 heterocycles. The first kappa shape index (κ1) is 18.1. The number of aryl methyl sites for hydroxylation is 1. The lowest BCUT2D eigenvalue weighted by Gasteiger charge is -2.22. The zero-order valence-electron chi connectivity index (χ0n) is 13.8. The van der Waals surface area contributed by atoms with Gasteiger partial charge >= 0.3 is 0 Å². The van der Waals surface area contributed by atoms with E-state index in [0.29, 0.717) is 5.56 Å². The van der Waals surface area contributed by atoms with Crippen molar-refractivity contribution in [1.82, 2.24) is 4.72 Å². The van der Waals surface area contributed by atoms with Crippen LogP contribution in [0.25, 0.3) is 0 Å². The minimum atomic E-state index is -3.80. The molecule has 0 aromatic heterocycles. The molecule has 0 aliphatic carbocycles. The van der Waals surface area contributed by atoms with Gasteiger partial charge < -0.3 is 0 Å². The molecule has 0 bridgehead atoms. The Hall–Kier alpha value is -2.24. The lowest BCUT2D eigenvalue weighted by atomic mass is 9.95. The van der Waals surface area contributed by atoms with Crippen molar-refractivity contribution in [2.75, 3.05) is 0 Å². The van der Waals surface area contributed by atoms with Crippen molar-refractivity contribution in [1.29, 1.82) is 0 Å². The van der Waals surface area contributed by atoms with Crippen LogP contribution < -0.4 is 4.72 Å². The van der Waals surface area contributed by atoms with E-state index in [1.54, 1.807) is 55.5 Å². The summed E-state index contributed by atoms with van der Waals surface area (Å²) < 4.78 is 27.8. The van der Waals surface area contributed by atoms with Gasteiger partial charge in [0.25, 0.3) is 0 Å². The zero-order valence-corrected chi connectivity index (χ0v) is 14.6. The average molecular weight is 343 g/mol. The van der Waals surface area contributed by atoms with Crippen molar-refractivity contribution in [2.24, 2.45) is 5.92 Å². The second kappa shape index (κ2) is 7.55. The molecule has 0 radical (unpaired) electrons. The second-order valence-corrected chi connectivity index (χ2v) is 7.45. The van der Waals surface area contributed by atoms with Gasteiger partial charge in [-0.25, -0.2) is 8.42 Å². The van der Waals surface area contributed by atoms with E-state index >= 15 is 0 Å². The lowest BCUT2D eigenvalue weighted by molar-refractivity contribution is 0.0937. The van der Waals surface area contributed by atoms with E-state index in [-0.39, 0.29) is 16.6 Å². The Balaban J connectivity index is 2.34. The van der Waals surface area contributed by atoms with Crippen LogP contribution in [0.2, 0.25) is 0 Å². The number of Topliss-reactive ketones (excluding diaryl/α,β-unsaturated/α-hetero) is 1. The fraction of sp³-hybridized carbons (Fsp3) is 0.211. The highest BCUT2D eigenvalue weighted by molar-refractivity contribution is 7.89. The molecular formula is C19H21NO3S. The Bertz CT molecular complexity index is 811. The van der Waals surface area contributed by atoms with Crippen LogP contribution in [0.3, 0.4) is 0 Å². The third-order valence-corrected chi connectivity index (χ3v) is 5.31. The second-order valence-electron chi connectivity index (χ2n) is 5.74. The molecule has 0 aliphatic heterocycles. The first-order valence-corrected chi connectivity index (χ1v) is 9.14. The third-order valence-electron chi connectivity index (χ3n) is 3.85. The normalized spacial score (nSPS) is 13.9. The summed E-state index contributed by atoms with van der Waals surface area (Å²) in [5.74, 6) is -0.628. The van der Waals surface area contributed by atoms with E-state index in [9.17, 15) is 13.2 Å². The summed E-state index contributed by atoms with van der Waals surface area (Å²) in [6.07, 6.45) is 1.57. The monoisotopic (exact) mass is 343 g/mol. The van der Waals surface area contributed by atoms with Crippen molar-refractivity contribution in [3.63, 3.8) is 0 Å². The van der Waals surface area contributed by atoms with E-state index in [4.69, 9.17) is 0 Å². The van der Waals surface area contributed by atoms with Gasteiger partial charge in [0.05, 0.1) is 10.9 Å². The molecule has 2 aromatic carbocycles. The predicted molar refractivity (Wildman–Crippen MR) is 95.4 cm³/mol. The quantitative estimate of drug-likeness (QED) is 0.619. The highest BCUT2D eigenvalue weighted by atomic mass is 32.2. The molecule has 0 saturated carbocycles. The minimum absolute atomic E-state index is 0.134. The van der Waals surface area contributed by atoms with Crippen LogP contribution in [0.4, 0.5) is 0 Å². The summed E-state index contributed by atoms with van der Waals surface area (Å²) >= 11 is 0. The molecular weight excluding hydrogens is 322 g/mol. The number of hydrogen-bond acceptors (Lipinski definition) is 3. The van der Waals surface area contributed by atoms with Crippen molar-refractivity contribution in [3.05, 3.63) is 78.4 Å². The van der Waals surface area contributed by atoms with E-state index in [1.807, 2.05) is 6.92 Å². The van der Waals surface area contributed by atoms with Crippen molar-refractivity contribution >= 4 is 15.8 Å². The van der Waals surface area contributed by atoms with E-state index < -0.39 is 16.1 Å². The summed E-state index contributed by atoms with van der Waals surface area (Å²) in [6.45, 7) is 7.33. The Morgan fingerprint density at radius 1 is 1.08 bits per heavy atom. The van der Waals surface area contributed by atoms with Crippen LogP contribution in [-0.2, 0) is 10.0 Å². The molecule has 2 atom stereocenters. The number of nitrogens with one attached hydrogen (secondary N) is 1. The van der Waals surface area contributed by atoms with Crippen LogP contribution in [0.15, 0.2) is 72.1 Å². The van der Waals surface area contributed by atoms with Crippen molar-refractivity contribution in [2.45, 2.75) is 24.8 Å². The molecule has 5 heteroatoms. The fourth-order valence-electron chi connectivity index (χ4n) is 2.27. The van der Waals surface area contributed by atoms with E-state index in [0.717, 1.165) is 5.56 Å². The molecule has 1 N–H and O–H groups in total. The topological polar surface area (TPSA) is 63.2 Å². The smallest absolute Gasteiger partial charge is 0.241 e. The number of carbonyl (C=O) groups excluding carboxylic acids is 1. The summed E-state index contributed by atoms with van der Waals surface area (Å²) in [5, 5.41) is 0. The lowest BCUT2D eigenvalue weighted by Crippen LogP contribution is -2.44. The predicted octanol–water partition coefficient (Wildman–Crippen LogP) is 3.35. The fourth-order valence-corrected chi connectivity index (χ4v) is 3.56. The number of hydrogen-bond donors (Lipinski definition) is 1. The maximum absolute atomic E-state index is 12.7. The largest absolute Gasteiger partial charge is 0.292 e. The third kappa shape index (κ3) is 4.19. The molecule has 0 fully saturated rings. The summed E-state index contributed by atoms with van der Waals surface area (Å²) in [6, 6.07) is 14.2. The number of carbonyl (C=O) groups is 1. The molecule has 0 spiro atoms. The molecule has 126 valence electrons. The van der Waals surface area contributed by atoms with Crippen LogP contribution in [0.1, 0.15) is 22.8 Å². The Kier molecular flexibility index (Phi) is 5.70.